The predicted molar refractivity (Wildman–Crippen MR) is 145 cm³/mol. The molecule has 2 amide bonds. The number of rotatable bonds is 13. The normalized spacial score (nSPS) is 29.2. The number of ether oxygens (including phenoxy) is 3. The molecule has 0 saturated carbocycles. The molecule has 1 spiro atoms. The predicted octanol–water partition coefficient (Wildman–Crippen LogP) is 2.85. The van der Waals surface area contributed by atoms with Crippen molar-refractivity contribution in [1.29, 1.82) is 0 Å². The highest BCUT2D eigenvalue weighted by Crippen LogP contribution is 2.60. The number of aliphatic hydroxyl groups excluding tert-OH is 1. The summed E-state index contributed by atoms with van der Waals surface area (Å²) in [4.78, 5) is 44.5. The number of likely N-dealkylation sites (tertiary alicyclic amines) is 1. The molecule has 206 valence electrons. The number of fused-ring (bicyclic) bond motifs is 1. The fourth-order valence-corrected chi connectivity index (χ4v) is 6.96. The van der Waals surface area contributed by atoms with E-state index >= 15 is 0 Å². The maximum absolute atomic E-state index is 14.4. The summed E-state index contributed by atoms with van der Waals surface area (Å²) in [5.41, 5.74) is -0.554. The van der Waals surface area contributed by atoms with E-state index < -0.39 is 35.6 Å². The number of benzene rings is 1. The second-order valence-electron chi connectivity index (χ2n) is 9.81. The molecule has 38 heavy (non-hydrogen) atoms. The Labute approximate surface area is 231 Å². The van der Waals surface area contributed by atoms with E-state index in [1.807, 2.05) is 0 Å². The van der Waals surface area contributed by atoms with Crippen molar-refractivity contribution in [2.24, 2.45) is 11.8 Å². The van der Waals surface area contributed by atoms with Crippen molar-refractivity contribution in [3.63, 3.8) is 0 Å². The van der Waals surface area contributed by atoms with Gasteiger partial charge in [0.15, 0.2) is 0 Å². The number of aliphatic hydroxyl groups is 1. The molecular formula is C28H35BrN2O7. The Hall–Kier alpha value is -2.69. The molecule has 3 aliphatic rings. The van der Waals surface area contributed by atoms with Crippen LogP contribution in [0.4, 0.5) is 5.69 Å². The third-order valence-electron chi connectivity index (χ3n) is 7.63. The van der Waals surface area contributed by atoms with Crippen molar-refractivity contribution in [1.82, 2.24) is 4.90 Å². The third kappa shape index (κ3) is 4.89. The van der Waals surface area contributed by atoms with Crippen LogP contribution in [0.2, 0.25) is 0 Å². The zero-order chi connectivity index (χ0) is 27.4. The fraction of sp³-hybridized carbons (Fsp3) is 0.536. The summed E-state index contributed by atoms with van der Waals surface area (Å²) < 4.78 is 17.3. The van der Waals surface area contributed by atoms with Gasteiger partial charge in [0, 0.05) is 30.2 Å². The lowest BCUT2D eigenvalue weighted by molar-refractivity contribution is -0.154. The smallest absolute Gasteiger partial charge is 0.312 e. The van der Waals surface area contributed by atoms with E-state index in [1.165, 1.54) is 0 Å². The van der Waals surface area contributed by atoms with E-state index in [2.05, 4.69) is 29.1 Å². The van der Waals surface area contributed by atoms with Gasteiger partial charge in [-0.1, -0.05) is 28.1 Å². The van der Waals surface area contributed by atoms with Gasteiger partial charge >= 0.3 is 5.97 Å². The third-order valence-corrected chi connectivity index (χ3v) is 8.48. The quantitative estimate of drug-likeness (QED) is 0.163. The van der Waals surface area contributed by atoms with Gasteiger partial charge in [-0.15, -0.1) is 13.2 Å². The summed E-state index contributed by atoms with van der Waals surface area (Å²) >= 11 is 3.66. The van der Waals surface area contributed by atoms with Crippen LogP contribution in [0, 0.1) is 11.8 Å². The van der Waals surface area contributed by atoms with Crippen molar-refractivity contribution in [3.05, 3.63) is 49.6 Å². The second-order valence-corrected chi connectivity index (χ2v) is 11.0. The Morgan fingerprint density at radius 2 is 2.00 bits per heavy atom. The Morgan fingerprint density at radius 1 is 1.26 bits per heavy atom. The topological polar surface area (TPSA) is 106 Å². The lowest BCUT2D eigenvalue weighted by Crippen LogP contribution is -2.57. The Morgan fingerprint density at radius 3 is 2.63 bits per heavy atom. The molecule has 6 atom stereocenters. The molecule has 3 fully saturated rings. The van der Waals surface area contributed by atoms with Gasteiger partial charge in [-0.25, -0.2) is 0 Å². The SMILES string of the molecule is C=CCCOC(=O)[C@H]1[C@H]2C(=O)N(CCCCO)C(C(=O)N(CC=C)c3ccc(OC)cc3)C23CC(Br)[C@@H]1O3. The molecule has 0 radical (unpaired) electrons. The van der Waals surface area contributed by atoms with Crippen LogP contribution in [0.5, 0.6) is 5.75 Å². The van der Waals surface area contributed by atoms with E-state index in [0.717, 1.165) is 0 Å². The van der Waals surface area contributed by atoms with Crippen molar-refractivity contribution < 1.29 is 33.7 Å². The zero-order valence-electron chi connectivity index (χ0n) is 21.6. The lowest BCUT2D eigenvalue weighted by Gasteiger charge is -2.37. The van der Waals surface area contributed by atoms with Crippen LogP contribution in [0.3, 0.4) is 0 Å². The molecule has 4 rings (SSSR count). The molecule has 1 aromatic rings. The number of alkyl halides is 1. The Balaban J connectivity index is 1.73. The molecule has 3 aliphatic heterocycles. The summed E-state index contributed by atoms with van der Waals surface area (Å²) in [6, 6.07) is 6.14. The number of hydrogen-bond donors (Lipinski definition) is 1. The van der Waals surface area contributed by atoms with E-state index in [9.17, 15) is 19.5 Å². The summed E-state index contributed by atoms with van der Waals surface area (Å²) in [5.74, 6) is -2.10. The first-order valence-electron chi connectivity index (χ1n) is 12.9. The van der Waals surface area contributed by atoms with Gasteiger partial charge in [0.25, 0.3) is 5.91 Å². The molecule has 0 aromatic heterocycles. The summed E-state index contributed by atoms with van der Waals surface area (Å²) in [6.07, 6.45) is 4.60. The van der Waals surface area contributed by atoms with Crippen molar-refractivity contribution >= 4 is 39.4 Å². The van der Waals surface area contributed by atoms with E-state index in [1.54, 1.807) is 53.3 Å². The monoisotopic (exact) mass is 590 g/mol. The van der Waals surface area contributed by atoms with Crippen LogP contribution >= 0.6 is 15.9 Å². The Bertz CT molecular complexity index is 1060. The fourth-order valence-electron chi connectivity index (χ4n) is 6.01. The molecule has 1 N–H and O–H groups in total. The minimum atomic E-state index is -1.18. The maximum Gasteiger partial charge on any atom is 0.312 e. The van der Waals surface area contributed by atoms with Crippen LogP contribution < -0.4 is 9.64 Å². The van der Waals surface area contributed by atoms with E-state index in [0.29, 0.717) is 37.1 Å². The number of methoxy groups -OCH3 is 1. The highest BCUT2D eigenvalue weighted by Gasteiger charge is 2.77. The molecular weight excluding hydrogens is 556 g/mol. The first kappa shape index (κ1) is 28.3. The molecule has 3 heterocycles. The number of unbranched alkanes of at least 4 members (excludes halogenated alkanes) is 1. The molecule has 1 aromatic carbocycles. The van der Waals surface area contributed by atoms with Crippen LogP contribution in [-0.2, 0) is 23.9 Å². The van der Waals surface area contributed by atoms with Crippen LogP contribution in [-0.4, -0.2) is 83.8 Å². The summed E-state index contributed by atoms with van der Waals surface area (Å²) in [5, 5.41) is 9.35. The number of esters is 1. The number of hydrogen-bond acceptors (Lipinski definition) is 7. The molecule has 3 saturated heterocycles. The van der Waals surface area contributed by atoms with Gasteiger partial charge in [-0.3, -0.25) is 14.4 Å². The second kappa shape index (κ2) is 12.0. The molecule has 3 unspecified atom stereocenters. The molecule has 9 nitrogen and oxygen atoms in total. The molecule has 10 heteroatoms. The van der Waals surface area contributed by atoms with Crippen molar-refractivity contribution in [2.75, 3.05) is 38.3 Å². The highest BCUT2D eigenvalue weighted by molar-refractivity contribution is 9.09. The average Bonchev–Trinajstić information content (AvgIpc) is 3.50. The zero-order valence-corrected chi connectivity index (χ0v) is 23.2. The largest absolute Gasteiger partial charge is 0.497 e. The Kier molecular flexibility index (Phi) is 8.95. The number of carbonyl (C=O) groups excluding carboxylic acids is 3. The van der Waals surface area contributed by atoms with Gasteiger partial charge in [0.1, 0.15) is 17.4 Å². The lowest BCUT2D eigenvalue weighted by atomic mass is 9.70. The number of anilines is 1. The summed E-state index contributed by atoms with van der Waals surface area (Å²) in [7, 11) is 1.57. The average molecular weight is 591 g/mol. The van der Waals surface area contributed by atoms with Crippen LogP contribution in [0.25, 0.3) is 0 Å². The van der Waals surface area contributed by atoms with Gasteiger partial charge in [0.05, 0.1) is 31.7 Å². The van der Waals surface area contributed by atoms with Crippen molar-refractivity contribution in [2.45, 2.75) is 48.3 Å². The van der Waals surface area contributed by atoms with Gasteiger partial charge < -0.3 is 29.1 Å². The highest BCUT2D eigenvalue weighted by atomic mass is 79.9. The van der Waals surface area contributed by atoms with Crippen molar-refractivity contribution in [3.8, 4) is 5.75 Å². The van der Waals surface area contributed by atoms with Gasteiger partial charge in [-0.2, -0.15) is 0 Å². The first-order chi connectivity index (χ1) is 18.3. The molecule has 0 aliphatic carbocycles. The number of carbonyl (C=O) groups is 3. The van der Waals surface area contributed by atoms with Gasteiger partial charge in [-0.05, 0) is 49.9 Å². The number of nitrogens with zero attached hydrogens (tertiary/aromatic N) is 2. The first-order valence-corrected chi connectivity index (χ1v) is 13.8. The standard InChI is InChI=1S/C28H35BrN2O7/c1-4-6-16-37-27(35)21-22-25(33)31(14-7-8-15-32)24(28(22)17-20(29)23(21)38-28)26(34)30(13-5-2)18-9-11-19(36-3)12-10-18/h4-5,9-12,20-24,32H,1-2,6-8,13-17H2,3H3/t20?,21-,22-,23-,24?,28?/m0/s1. The minimum absolute atomic E-state index is 0.0239. The summed E-state index contributed by atoms with van der Waals surface area (Å²) in [6.45, 7) is 8.10. The van der Waals surface area contributed by atoms with Crippen LogP contribution in [0.15, 0.2) is 49.6 Å². The number of halogens is 1. The van der Waals surface area contributed by atoms with Crippen LogP contribution in [0.1, 0.15) is 25.7 Å². The van der Waals surface area contributed by atoms with E-state index in [-0.39, 0.29) is 42.9 Å². The minimum Gasteiger partial charge on any atom is -0.497 e. The number of amides is 2. The van der Waals surface area contributed by atoms with Gasteiger partial charge in [0.2, 0.25) is 5.91 Å². The maximum atomic E-state index is 14.4. The molecule has 2 bridgehead atoms. The van der Waals surface area contributed by atoms with E-state index in [4.69, 9.17) is 14.2 Å².